The lowest BCUT2D eigenvalue weighted by atomic mass is 10.3. The van der Waals surface area contributed by atoms with Gasteiger partial charge in [0.05, 0.1) is 17.6 Å². The molecule has 2 N–H and O–H groups in total. The van der Waals surface area contributed by atoms with Crippen molar-refractivity contribution in [3.05, 3.63) is 0 Å². The Morgan fingerprint density at radius 3 is 2.38 bits per heavy atom. The normalized spacial score (nSPS) is 15.1. The molecule has 0 aliphatic heterocycles. The second-order valence-electron chi connectivity index (χ2n) is 3.42. The Morgan fingerprint density at radius 2 is 1.94 bits per heavy atom. The van der Waals surface area contributed by atoms with E-state index in [2.05, 4.69) is 4.74 Å². The zero-order valence-corrected chi connectivity index (χ0v) is 9.77. The number of hydrogen-bond donors (Lipinski definition) is 1. The minimum atomic E-state index is -4.42. The molecule has 0 aliphatic rings. The van der Waals surface area contributed by atoms with E-state index in [1.54, 1.807) is 0 Å². The van der Waals surface area contributed by atoms with Crippen LogP contribution in [0.5, 0.6) is 0 Å². The maximum absolute atomic E-state index is 11.7. The molecule has 0 fully saturated rings. The summed E-state index contributed by atoms with van der Waals surface area (Å²) in [6, 6.07) is 0. The predicted octanol–water partition coefficient (Wildman–Crippen LogP) is 0.717. The molecule has 0 heterocycles. The second kappa shape index (κ2) is 6.41. The maximum atomic E-state index is 11.7. The average Bonchev–Trinajstić information content (AvgIpc) is 2.11. The summed E-state index contributed by atoms with van der Waals surface area (Å²) in [5.74, 6) is -0.412. The predicted molar refractivity (Wildman–Crippen MR) is 53.8 cm³/mol. The van der Waals surface area contributed by atoms with Gasteiger partial charge in [-0.2, -0.15) is 13.2 Å². The molecule has 1 atom stereocenters. The van der Waals surface area contributed by atoms with E-state index >= 15 is 0 Å². The van der Waals surface area contributed by atoms with Crippen molar-refractivity contribution < 1.29 is 26.3 Å². The largest absolute Gasteiger partial charge is 0.411 e. The Balaban J connectivity index is 3.92. The number of rotatable bonds is 7. The molecule has 0 aromatic heterocycles. The molecule has 0 aromatic carbocycles. The number of hydrogen-bond acceptors (Lipinski definition) is 4. The van der Waals surface area contributed by atoms with Crippen LogP contribution in [-0.2, 0) is 14.6 Å². The van der Waals surface area contributed by atoms with Crippen molar-refractivity contribution in [2.75, 3.05) is 25.5 Å². The van der Waals surface area contributed by atoms with Gasteiger partial charge >= 0.3 is 6.18 Å². The molecule has 0 rings (SSSR count). The minimum Gasteiger partial charge on any atom is -0.371 e. The Labute approximate surface area is 92.9 Å². The first-order valence-corrected chi connectivity index (χ1v) is 6.46. The summed E-state index contributed by atoms with van der Waals surface area (Å²) in [6.07, 6.45) is -4.13. The standard InChI is InChI=1S/C8H16F3NO3S/c1-7(2-3-12)16(13,14)5-4-15-6-8(9,10)11/h7H,2-6,12H2,1H3. The Bertz CT molecular complexity index is 289. The van der Waals surface area contributed by atoms with Gasteiger partial charge in [-0.05, 0) is 19.9 Å². The second-order valence-corrected chi connectivity index (χ2v) is 5.96. The van der Waals surface area contributed by atoms with Gasteiger partial charge in [-0.15, -0.1) is 0 Å². The highest BCUT2D eigenvalue weighted by Gasteiger charge is 2.28. The molecule has 0 aromatic rings. The first kappa shape index (κ1) is 15.7. The van der Waals surface area contributed by atoms with Crippen molar-refractivity contribution in [1.82, 2.24) is 0 Å². The lowest BCUT2D eigenvalue weighted by molar-refractivity contribution is -0.172. The van der Waals surface area contributed by atoms with Crippen LogP contribution in [0.4, 0.5) is 13.2 Å². The highest BCUT2D eigenvalue weighted by molar-refractivity contribution is 7.92. The molecule has 0 spiro atoms. The molecule has 0 bridgehead atoms. The monoisotopic (exact) mass is 263 g/mol. The van der Waals surface area contributed by atoms with Gasteiger partial charge in [0.15, 0.2) is 9.84 Å². The minimum absolute atomic E-state index is 0.226. The van der Waals surface area contributed by atoms with Crippen molar-refractivity contribution in [3.8, 4) is 0 Å². The number of ether oxygens (including phenoxy) is 1. The summed E-state index contributed by atoms with van der Waals surface area (Å²) in [5.41, 5.74) is 5.19. The number of alkyl halides is 3. The molecule has 98 valence electrons. The van der Waals surface area contributed by atoms with Gasteiger partial charge in [0.1, 0.15) is 6.61 Å². The van der Waals surface area contributed by atoms with E-state index in [-0.39, 0.29) is 6.54 Å². The summed E-state index contributed by atoms with van der Waals surface area (Å²) < 4.78 is 62.1. The van der Waals surface area contributed by atoms with Gasteiger partial charge in [-0.3, -0.25) is 0 Å². The Kier molecular flexibility index (Phi) is 6.27. The van der Waals surface area contributed by atoms with Gasteiger partial charge in [-0.25, -0.2) is 8.42 Å². The van der Waals surface area contributed by atoms with Crippen molar-refractivity contribution >= 4 is 9.84 Å². The van der Waals surface area contributed by atoms with Crippen LogP contribution in [0.25, 0.3) is 0 Å². The van der Waals surface area contributed by atoms with Crippen LogP contribution in [-0.4, -0.2) is 45.4 Å². The van der Waals surface area contributed by atoms with E-state index in [0.29, 0.717) is 6.42 Å². The third-order valence-corrected chi connectivity index (χ3v) is 4.16. The van der Waals surface area contributed by atoms with Crippen LogP contribution < -0.4 is 5.73 Å². The molecule has 0 aliphatic carbocycles. The van der Waals surface area contributed by atoms with Gasteiger partial charge in [0.2, 0.25) is 0 Å². The quantitative estimate of drug-likeness (QED) is 0.687. The van der Waals surface area contributed by atoms with Crippen molar-refractivity contribution in [1.29, 1.82) is 0 Å². The van der Waals surface area contributed by atoms with Crippen LogP contribution in [0.1, 0.15) is 13.3 Å². The summed E-state index contributed by atoms with van der Waals surface area (Å²) in [7, 11) is -3.41. The lowest BCUT2D eigenvalue weighted by Crippen LogP contribution is -2.27. The van der Waals surface area contributed by atoms with Gasteiger partial charge < -0.3 is 10.5 Å². The molecule has 0 saturated heterocycles. The first-order chi connectivity index (χ1) is 7.19. The van der Waals surface area contributed by atoms with Gasteiger partial charge in [-0.1, -0.05) is 0 Å². The van der Waals surface area contributed by atoms with E-state index < -0.39 is 40.2 Å². The molecule has 0 radical (unpaired) electrons. The van der Waals surface area contributed by atoms with Crippen molar-refractivity contribution in [2.24, 2.45) is 5.73 Å². The fourth-order valence-corrected chi connectivity index (χ4v) is 2.23. The third kappa shape index (κ3) is 7.02. The molecule has 8 heteroatoms. The fraction of sp³-hybridized carbons (Fsp3) is 1.00. The summed E-state index contributed by atoms with van der Waals surface area (Å²) >= 11 is 0. The average molecular weight is 263 g/mol. The maximum Gasteiger partial charge on any atom is 0.411 e. The topological polar surface area (TPSA) is 69.4 Å². The zero-order valence-electron chi connectivity index (χ0n) is 8.96. The van der Waals surface area contributed by atoms with Gasteiger partial charge in [0.25, 0.3) is 0 Å². The molecule has 16 heavy (non-hydrogen) atoms. The van der Waals surface area contributed by atoms with Gasteiger partial charge in [0, 0.05) is 0 Å². The molecular formula is C8H16F3NO3S. The first-order valence-electron chi connectivity index (χ1n) is 4.75. The lowest BCUT2D eigenvalue weighted by Gasteiger charge is -2.12. The summed E-state index contributed by atoms with van der Waals surface area (Å²) in [6.45, 7) is -0.166. The zero-order chi connectivity index (χ0) is 12.8. The molecule has 1 unspecified atom stereocenters. The van der Waals surface area contributed by atoms with Crippen LogP contribution >= 0.6 is 0 Å². The summed E-state index contributed by atoms with van der Waals surface area (Å²) in [5, 5.41) is -0.646. The van der Waals surface area contributed by atoms with E-state index in [1.807, 2.05) is 0 Å². The van der Waals surface area contributed by atoms with Crippen LogP contribution in [0, 0.1) is 0 Å². The SMILES string of the molecule is CC(CCN)S(=O)(=O)CCOCC(F)(F)F. The van der Waals surface area contributed by atoms with E-state index in [4.69, 9.17) is 5.73 Å². The van der Waals surface area contributed by atoms with Crippen LogP contribution in [0.15, 0.2) is 0 Å². The molecule has 0 saturated carbocycles. The highest BCUT2D eigenvalue weighted by atomic mass is 32.2. The number of halogens is 3. The Hall–Kier alpha value is -0.340. The Morgan fingerprint density at radius 1 is 1.38 bits per heavy atom. The number of sulfone groups is 1. The molecular weight excluding hydrogens is 247 g/mol. The molecule has 0 amide bonds. The van der Waals surface area contributed by atoms with Crippen molar-refractivity contribution in [2.45, 2.75) is 24.8 Å². The van der Waals surface area contributed by atoms with Crippen LogP contribution in [0.2, 0.25) is 0 Å². The summed E-state index contributed by atoms with van der Waals surface area (Å²) in [4.78, 5) is 0. The number of nitrogens with two attached hydrogens (primary N) is 1. The molecule has 4 nitrogen and oxygen atoms in total. The highest BCUT2D eigenvalue weighted by Crippen LogP contribution is 2.14. The van der Waals surface area contributed by atoms with Crippen molar-refractivity contribution in [3.63, 3.8) is 0 Å². The van der Waals surface area contributed by atoms with E-state index in [1.165, 1.54) is 6.92 Å². The van der Waals surface area contributed by atoms with E-state index in [9.17, 15) is 21.6 Å². The van der Waals surface area contributed by atoms with Crippen LogP contribution in [0.3, 0.4) is 0 Å². The van der Waals surface area contributed by atoms with E-state index in [0.717, 1.165) is 0 Å². The third-order valence-electron chi connectivity index (χ3n) is 1.96. The smallest absolute Gasteiger partial charge is 0.371 e. The fourth-order valence-electron chi connectivity index (χ4n) is 0.978.